The van der Waals surface area contributed by atoms with E-state index < -0.39 is 0 Å². The molecular weight excluding hydrogens is 358 g/mol. The predicted molar refractivity (Wildman–Crippen MR) is 116 cm³/mol. The van der Waals surface area contributed by atoms with Crippen molar-refractivity contribution in [3.63, 3.8) is 0 Å². The molecule has 1 aliphatic carbocycles. The van der Waals surface area contributed by atoms with Gasteiger partial charge in [-0.1, -0.05) is 49.4 Å². The molecule has 1 atom stereocenters. The number of benzene rings is 2. The molecule has 3 aromatic rings. The van der Waals surface area contributed by atoms with E-state index in [1.807, 2.05) is 30.3 Å². The van der Waals surface area contributed by atoms with Gasteiger partial charge in [0.15, 0.2) is 0 Å². The van der Waals surface area contributed by atoms with Gasteiger partial charge in [-0.25, -0.2) is 4.98 Å². The Morgan fingerprint density at radius 1 is 1.14 bits per heavy atom. The van der Waals surface area contributed by atoms with Crippen LogP contribution in [0.15, 0.2) is 54.6 Å². The molecule has 4 rings (SSSR count). The Labute approximate surface area is 172 Å². The molecule has 0 saturated carbocycles. The number of hydrogen-bond donors (Lipinski definition) is 1. The van der Waals surface area contributed by atoms with Crippen LogP contribution in [0, 0.1) is 11.3 Å². The minimum Gasteiger partial charge on any atom is -0.494 e. The van der Waals surface area contributed by atoms with Gasteiger partial charge in [-0.3, -0.25) is 0 Å². The average molecular weight is 383 g/mol. The van der Waals surface area contributed by atoms with Crippen LogP contribution < -0.4 is 10.5 Å². The number of nitrogens with two attached hydrogens (primary N) is 1. The van der Waals surface area contributed by atoms with Crippen molar-refractivity contribution < 1.29 is 4.74 Å². The van der Waals surface area contributed by atoms with E-state index in [9.17, 15) is 5.26 Å². The van der Waals surface area contributed by atoms with Crippen LogP contribution in [0.25, 0.3) is 11.1 Å². The second-order valence-corrected chi connectivity index (χ2v) is 7.51. The second-order valence-electron chi connectivity index (χ2n) is 7.51. The van der Waals surface area contributed by atoms with Crippen molar-refractivity contribution in [3.05, 3.63) is 77.0 Å². The lowest BCUT2D eigenvalue weighted by atomic mass is 9.78. The van der Waals surface area contributed by atoms with E-state index >= 15 is 0 Å². The number of fused-ring (bicyclic) bond motifs is 1. The molecule has 0 amide bonds. The number of anilines is 1. The number of ether oxygens (including phenoxy) is 1. The SMILES string of the molecule is CCCOc1ccc(-c2c(C#N)c(N)nc3c2CC(c2ccccc2)CC3)cc1. The molecule has 0 bridgehead atoms. The van der Waals surface area contributed by atoms with Crippen LogP contribution >= 0.6 is 0 Å². The van der Waals surface area contributed by atoms with Gasteiger partial charge in [-0.05, 0) is 60.4 Å². The maximum absolute atomic E-state index is 9.82. The highest BCUT2D eigenvalue weighted by molar-refractivity contribution is 5.79. The fourth-order valence-corrected chi connectivity index (χ4v) is 4.16. The molecule has 1 unspecified atom stereocenters. The summed E-state index contributed by atoms with van der Waals surface area (Å²) in [5.74, 6) is 1.59. The van der Waals surface area contributed by atoms with Gasteiger partial charge in [0, 0.05) is 11.3 Å². The van der Waals surface area contributed by atoms with Crippen LogP contribution in [0.4, 0.5) is 5.82 Å². The highest BCUT2D eigenvalue weighted by Gasteiger charge is 2.27. The van der Waals surface area contributed by atoms with Gasteiger partial charge in [0.25, 0.3) is 0 Å². The number of aromatic nitrogens is 1. The van der Waals surface area contributed by atoms with E-state index in [1.54, 1.807) is 0 Å². The van der Waals surface area contributed by atoms with Crippen molar-refractivity contribution in [3.8, 4) is 22.9 Å². The molecule has 4 nitrogen and oxygen atoms in total. The van der Waals surface area contributed by atoms with Crippen molar-refractivity contribution >= 4 is 5.82 Å². The molecule has 0 aliphatic heterocycles. The maximum Gasteiger partial charge on any atom is 0.142 e. The maximum atomic E-state index is 9.82. The molecule has 29 heavy (non-hydrogen) atoms. The average Bonchev–Trinajstić information content (AvgIpc) is 2.77. The Kier molecular flexibility index (Phi) is 5.48. The van der Waals surface area contributed by atoms with Gasteiger partial charge in [0.05, 0.1) is 6.61 Å². The largest absolute Gasteiger partial charge is 0.494 e. The number of nitrogens with zero attached hydrogens (tertiary/aromatic N) is 2. The van der Waals surface area contributed by atoms with Crippen molar-refractivity contribution in [1.82, 2.24) is 4.98 Å². The second kappa shape index (κ2) is 8.36. The molecule has 1 aliphatic rings. The van der Waals surface area contributed by atoms with Crippen LogP contribution in [0.3, 0.4) is 0 Å². The Morgan fingerprint density at radius 3 is 2.59 bits per heavy atom. The standard InChI is InChI=1S/C25H25N3O/c1-2-14-29-20-11-8-18(9-12-20)24-21-15-19(17-6-4-3-5-7-17)10-13-23(21)28-25(27)22(24)16-26/h3-9,11-12,19H,2,10,13-15H2,1H3,(H2,27,28). The fourth-order valence-electron chi connectivity index (χ4n) is 4.16. The lowest BCUT2D eigenvalue weighted by Crippen LogP contribution is -2.17. The Morgan fingerprint density at radius 2 is 1.90 bits per heavy atom. The van der Waals surface area contributed by atoms with Gasteiger partial charge in [0.2, 0.25) is 0 Å². The topological polar surface area (TPSA) is 71.9 Å². The molecule has 0 saturated heterocycles. The molecule has 2 N–H and O–H groups in total. The molecule has 0 spiro atoms. The summed E-state index contributed by atoms with van der Waals surface area (Å²) in [5, 5.41) is 9.82. The van der Waals surface area contributed by atoms with Crippen molar-refractivity contribution in [2.24, 2.45) is 0 Å². The third-order valence-corrected chi connectivity index (χ3v) is 5.59. The summed E-state index contributed by atoms with van der Waals surface area (Å²) >= 11 is 0. The summed E-state index contributed by atoms with van der Waals surface area (Å²) in [5.41, 5.74) is 12.1. The van der Waals surface area contributed by atoms with E-state index in [0.29, 0.717) is 23.9 Å². The summed E-state index contributed by atoms with van der Waals surface area (Å²) in [6.07, 6.45) is 3.74. The van der Waals surface area contributed by atoms with Crippen LogP contribution in [0.2, 0.25) is 0 Å². The summed E-state index contributed by atoms with van der Waals surface area (Å²) in [7, 11) is 0. The van der Waals surface area contributed by atoms with E-state index in [2.05, 4.69) is 42.2 Å². The summed E-state index contributed by atoms with van der Waals surface area (Å²) < 4.78 is 5.71. The number of pyridine rings is 1. The van der Waals surface area contributed by atoms with Gasteiger partial charge in [-0.15, -0.1) is 0 Å². The Balaban J connectivity index is 1.77. The minimum absolute atomic E-state index is 0.325. The van der Waals surface area contributed by atoms with Gasteiger partial charge in [-0.2, -0.15) is 5.26 Å². The third-order valence-electron chi connectivity index (χ3n) is 5.59. The zero-order valence-corrected chi connectivity index (χ0v) is 16.7. The molecule has 1 heterocycles. The molecular formula is C25H25N3O. The lowest BCUT2D eigenvalue weighted by Gasteiger charge is -2.27. The fraction of sp³-hybridized carbons (Fsp3) is 0.280. The van der Waals surface area contributed by atoms with Crippen molar-refractivity contribution in [2.75, 3.05) is 12.3 Å². The van der Waals surface area contributed by atoms with Gasteiger partial charge < -0.3 is 10.5 Å². The molecule has 4 heteroatoms. The quantitative estimate of drug-likeness (QED) is 0.652. The number of hydrogen-bond acceptors (Lipinski definition) is 4. The van der Waals surface area contributed by atoms with Crippen molar-refractivity contribution in [2.45, 2.75) is 38.5 Å². The Bertz CT molecular complexity index is 1040. The number of aryl methyl sites for hydroxylation is 1. The van der Waals surface area contributed by atoms with E-state index in [1.165, 1.54) is 5.56 Å². The first-order valence-corrected chi connectivity index (χ1v) is 10.2. The van der Waals surface area contributed by atoms with Gasteiger partial charge in [0.1, 0.15) is 23.2 Å². The summed E-state index contributed by atoms with van der Waals surface area (Å²) in [4.78, 5) is 4.59. The van der Waals surface area contributed by atoms with E-state index in [-0.39, 0.29) is 0 Å². The normalized spacial score (nSPS) is 15.4. The molecule has 1 aromatic heterocycles. The highest BCUT2D eigenvalue weighted by atomic mass is 16.5. The molecule has 0 radical (unpaired) electrons. The van der Waals surface area contributed by atoms with Gasteiger partial charge >= 0.3 is 0 Å². The monoisotopic (exact) mass is 383 g/mol. The van der Waals surface area contributed by atoms with Crippen LogP contribution in [-0.2, 0) is 12.8 Å². The van der Waals surface area contributed by atoms with Crippen molar-refractivity contribution in [1.29, 1.82) is 5.26 Å². The summed E-state index contributed by atoms with van der Waals surface area (Å²) in [6, 6.07) is 20.9. The highest BCUT2D eigenvalue weighted by Crippen LogP contribution is 2.40. The third kappa shape index (κ3) is 3.82. The first kappa shape index (κ1) is 19.0. The zero-order chi connectivity index (χ0) is 20.2. The summed E-state index contributed by atoms with van der Waals surface area (Å²) in [6.45, 7) is 2.78. The van der Waals surface area contributed by atoms with E-state index in [4.69, 9.17) is 10.5 Å². The smallest absolute Gasteiger partial charge is 0.142 e. The molecule has 0 fully saturated rings. The minimum atomic E-state index is 0.325. The predicted octanol–water partition coefficient (Wildman–Crippen LogP) is 5.26. The number of rotatable bonds is 5. The molecule has 2 aromatic carbocycles. The van der Waals surface area contributed by atoms with Crippen LogP contribution in [0.1, 0.15) is 48.1 Å². The Hall–Kier alpha value is -3.32. The number of nitriles is 1. The first-order valence-electron chi connectivity index (χ1n) is 10.2. The zero-order valence-electron chi connectivity index (χ0n) is 16.7. The molecule has 146 valence electrons. The van der Waals surface area contributed by atoms with Crippen LogP contribution in [0.5, 0.6) is 5.75 Å². The lowest BCUT2D eigenvalue weighted by molar-refractivity contribution is 0.317. The first-order chi connectivity index (χ1) is 14.2. The number of nitrogen functional groups attached to an aromatic ring is 1. The van der Waals surface area contributed by atoms with E-state index in [0.717, 1.165) is 53.8 Å². The van der Waals surface area contributed by atoms with Crippen LogP contribution in [-0.4, -0.2) is 11.6 Å².